The van der Waals surface area contributed by atoms with Crippen LogP contribution in [0.5, 0.6) is 0 Å². The molecule has 0 heterocycles. The summed E-state index contributed by atoms with van der Waals surface area (Å²) in [4.78, 5) is 0. The predicted octanol–water partition coefficient (Wildman–Crippen LogP) is 3.85. The highest BCUT2D eigenvalue weighted by Gasteiger charge is 2.14. The molecule has 0 aromatic heterocycles. The summed E-state index contributed by atoms with van der Waals surface area (Å²) in [6.07, 6.45) is 6.63. The summed E-state index contributed by atoms with van der Waals surface area (Å²) in [5, 5.41) is 0.727. The fraction of sp³-hybridized carbons (Fsp3) is 0.571. The van der Waals surface area contributed by atoms with Gasteiger partial charge >= 0.3 is 0 Å². The van der Waals surface area contributed by atoms with Crippen LogP contribution >= 0.6 is 11.8 Å². The van der Waals surface area contributed by atoms with Gasteiger partial charge in [0.15, 0.2) is 0 Å². The molecule has 1 aliphatic carbocycles. The minimum Gasteiger partial charge on any atom is -0.326 e. The summed E-state index contributed by atoms with van der Waals surface area (Å²) >= 11 is 1.90. The molecule has 0 radical (unpaired) electrons. The van der Waals surface area contributed by atoms with Gasteiger partial charge in [0.05, 0.1) is 0 Å². The fourth-order valence-corrected chi connectivity index (χ4v) is 3.61. The third-order valence-electron chi connectivity index (χ3n) is 3.37. The molecule has 1 aromatic rings. The Morgan fingerprint density at radius 3 is 2.71 bits per heavy atom. The van der Waals surface area contributed by atoms with Crippen LogP contribution in [0.1, 0.15) is 43.2 Å². The molecule has 1 fully saturated rings. The molecule has 94 valence electrons. The second-order valence-corrected chi connectivity index (χ2v) is 5.99. The number of nitrogens with two attached hydrogens (primary N) is 1. The van der Waals surface area contributed by atoms with E-state index >= 15 is 0 Å². The Morgan fingerprint density at radius 2 is 2.00 bits per heavy atom. The first kappa shape index (κ1) is 12.9. The summed E-state index contributed by atoms with van der Waals surface area (Å²) < 4.78 is 13.6. The zero-order valence-corrected chi connectivity index (χ0v) is 10.9. The van der Waals surface area contributed by atoms with Crippen LogP contribution in [-0.2, 0) is 12.3 Å². The van der Waals surface area contributed by atoms with Crippen molar-refractivity contribution in [2.24, 2.45) is 5.73 Å². The maximum absolute atomic E-state index is 13.6. The Hall–Kier alpha value is -0.540. The molecule has 0 atom stereocenters. The van der Waals surface area contributed by atoms with Gasteiger partial charge in [-0.1, -0.05) is 31.4 Å². The van der Waals surface area contributed by atoms with E-state index in [0.29, 0.717) is 6.54 Å². The van der Waals surface area contributed by atoms with E-state index in [1.807, 2.05) is 17.8 Å². The Labute approximate surface area is 107 Å². The lowest BCUT2D eigenvalue weighted by molar-refractivity contribution is 0.516. The number of hydrogen-bond donors (Lipinski definition) is 1. The standard InChI is InChI=1S/C14H20FNS/c15-14-7-6-11(9-16)8-12(14)10-17-13-4-2-1-3-5-13/h6-8,13H,1-5,9-10,16H2. The van der Waals surface area contributed by atoms with E-state index in [0.717, 1.165) is 22.1 Å². The Morgan fingerprint density at radius 1 is 1.24 bits per heavy atom. The van der Waals surface area contributed by atoms with E-state index in [2.05, 4.69) is 0 Å². The summed E-state index contributed by atoms with van der Waals surface area (Å²) in [5.41, 5.74) is 7.41. The Bertz CT molecular complexity index is 361. The van der Waals surface area contributed by atoms with Crippen LogP contribution in [-0.4, -0.2) is 5.25 Å². The SMILES string of the molecule is NCc1ccc(F)c(CSC2CCCCC2)c1. The highest BCUT2D eigenvalue weighted by molar-refractivity contribution is 7.99. The fourth-order valence-electron chi connectivity index (χ4n) is 2.31. The second kappa shape index (κ2) is 6.41. The van der Waals surface area contributed by atoms with Crippen molar-refractivity contribution < 1.29 is 4.39 Å². The van der Waals surface area contributed by atoms with E-state index < -0.39 is 0 Å². The number of benzene rings is 1. The molecule has 1 saturated carbocycles. The van der Waals surface area contributed by atoms with Gasteiger partial charge in [-0.3, -0.25) is 0 Å². The van der Waals surface area contributed by atoms with Crippen LogP contribution in [0.2, 0.25) is 0 Å². The molecular formula is C14H20FNS. The molecule has 0 bridgehead atoms. The van der Waals surface area contributed by atoms with Crippen molar-refractivity contribution in [3.05, 3.63) is 35.1 Å². The highest BCUT2D eigenvalue weighted by Crippen LogP contribution is 2.31. The minimum absolute atomic E-state index is 0.0921. The van der Waals surface area contributed by atoms with Gasteiger partial charge in [0, 0.05) is 17.5 Å². The monoisotopic (exact) mass is 253 g/mol. The van der Waals surface area contributed by atoms with E-state index in [1.165, 1.54) is 32.1 Å². The molecule has 2 rings (SSSR count). The quantitative estimate of drug-likeness (QED) is 0.882. The predicted molar refractivity (Wildman–Crippen MR) is 72.5 cm³/mol. The molecule has 17 heavy (non-hydrogen) atoms. The van der Waals surface area contributed by atoms with Gasteiger partial charge in [-0.25, -0.2) is 4.39 Å². The summed E-state index contributed by atoms with van der Waals surface area (Å²) in [6, 6.07) is 5.22. The maximum Gasteiger partial charge on any atom is 0.127 e. The third-order valence-corrected chi connectivity index (χ3v) is 4.79. The normalized spacial score (nSPS) is 17.3. The Kier molecular flexibility index (Phi) is 4.86. The number of thioether (sulfide) groups is 1. The topological polar surface area (TPSA) is 26.0 Å². The second-order valence-electron chi connectivity index (χ2n) is 4.70. The average molecular weight is 253 g/mol. The van der Waals surface area contributed by atoms with Crippen LogP contribution in [0.25, 0.3) is 0 Å². The van der Waals surface area contributed by atoms with E-state index in [9.17, 15) is 4.39 Å². The van der Waals surface area contributed by atoms with Crippen LogP contribution in [0.4, 0.5) is 4.39 Å². The van der Waals surface area contributed by atoms with E-state index in [4.69, 9.17) is 5.73 Å². The number of rotatable bonds is 4. The minimum atomic E-state index is -0.0921. The molecule has 0 aliphatic heterocycles. The largest absolute Gasteiger partial charge is 0.326 e. The van der Waals surface area contributed by atoms with Gasteiger partial charge in [-0.2, -0.15) is 11.8 Å². The lowest BCUT2D eigenvalue weighted by Gasteiger charge is -2.21. The van der Waals surface area contributed by atoms with Crippen molar-refractivity contribution in [2.75, 3.05) is 0 Å². The van der Waals surface area contributed by atoms with Gasteiger partial charge in [0.1, 0.15) is 5.82 Å². The van der Waals surface area contributed by atoms with Gasteiger partial charge in [-0.15, -0.1) is 0 Å². The molecule has 0 unspecified atom stereocenters. The van der Waals surface area contributed by atoms with Gasteiger partial charge in [0.2, 0.25) is 0 Å². The lowest BCUT2D eigenvalue weighted by Crippen LogP contribution is -2.08. The highest BCUT2D eigenvalue weighted by atomic mass is 32.2. The molecule has 0 spiro atoms. The lowest BCUT2D eigenvalue weighted by atomic mass is 10.0. The molecule has 1 aliphatic rings. The first-order valence-electron chi connectivity index (χ1n) is 6.38. The van der Waals surface area contributed by atoms with Gasteiger partial charge in [-0.05, 0) is 30.0 Å². The zero-order chi connectivity index (χ0) is 12.1. The molecule has 0 saturated heterocycles. The maximum atomic E-state index is 13.6. The van der Waals surface area contributed by atoms with Crippen LogP contribution < -0.4 is 5.73 Å². The molecular weight excluding hydrogens is 233 g/mol. The number of hydrogen-bond acceptors (Lipinski definition) is 2. The third kappa shape index (κ3) is 3.71. The number of halogens is 1. The van der Waals surface area contributed by atoms with E-state index in [1.54, 1.807) is 12.1 Å². The van der Waals surface area contributed by atoms with Crippen molar-refractivity contribution >= 4 is 11.8 Å². The van der Waals surface area contributed by atoms with Crippen molar-refractivity contribution in [3.63, 3.8) is 0 Å². The smallest absolute Gasteiger partial charge is 0.127 e. The van der Waals surface area contributed by atoms with Gasteiger partial charge < -0.3 is 5.73 Å². The first-order valence-corrected chi connectivity index (χ1v) is 7.43. The molecule has 3 heteroatoms. The summed E-state index contributed by atoms with van der Waals surface area (Å²) in [6.45, 7) is 0.487. The van der Waals surface area contributed by atoms with Crippen molar-refractivity contribution in [1.82, 2.24) is 0 Å². The van der Waals surface area contributed by atoms with Crippen LogP contribution in [0.3, 0.4) is 0 Å². The molecule has 1 nitrogen and oxygen atoms in total. The molecule has 2 N–H and O–H groups in total. The first-order chi connectivity index (χ1) is 8.29. The average Bonchev–Trinajstić information content (AvgIpc) is 2.39. The summed E-state index contributed by atoms with van der Waals surface area (Å²) in [7, 11) is 0. The van der Waals surface area contributed by atoms with Crippen LogP contribution in [0, 0.1) is 5.82 Å². The molecule has 0 amide bonds. The zero-order valence-electron chi connectivity index (χ0n) is 10.1. The Balaban J connectivity index is 1.92. The van der Waals surface area contributed by atoms with Gasteiger partial charge in [0.25, 0.3) is 0 Å². The van der Waals surface area contributed by atoms with Crippen molar-refractivity contribution in [1.29, 1.82) is 0 Å². The van der Waals surface area contributed by atoms with E-state index in [-0.39, 0.29) is 5.82 Å². The summed E-state index contributed by atoms with van der Waals surface area (Å²) in [5.74, 6) is 0.690. The van der Waals surface area contributed by atoms with Crippen LogP contribution in [0.15, 0.2) is 18.2 Å². The van der Waals surface area contributed by atoms with Crippen molar-refractivity contribution in [3.8, 4) is 0 Å². The van der Waals surface area contributed by atoms with Crippen molar-refractivity contribution in [2.45, 2.75) is 49.7 Å². The molecule has 1 aromatic carbocycles.